The van der Waals surface area contributed by atoms with Crippen LogP contribution in [0.3, 0.4) is 0 Å². The molecular formula is C15H18O5. The van der Waals surface area contributed by atoms with Crippen molar-refractivity contribution in [2.45, 2.75) is 19.8 Å². The number of para-hydroxylation sites is 1. The molecule has 0 radical (unpaired) electrons. The molecule has 0 aliphatic heterocycles. The Morgan fingerprint density at radius 2 is 2.10 bits per heavy atom. The Balaban J connectivity index is 2.93. The van der Waals surface area contributed by atoms with Crippen LogP contribution in [0, 0.1) is 0 Å². The van der Waals surface area contributed by atoms with E-state index in [0.29, 0.717) is 23.7 Å². The molecule has 1 aromatic rings. The first-order valence-corrected chi connectivity index (χ1v) is 6.35. The average Bonchev–Trinajstić information content (AvgIpc) is 2.44. The van der Waals surface area contributed by atoms with Crippen molar-refractivity contribution in [1.29, 1.82) is 0 Å². The van der Waals surface area contributed by atoms with Crippen molar-refractivity contribution >= 4 is 17.8 Å². The SMILES string of the molecule is CCCCOc1cccc(/C=C/C(=O)C(=O)O)c1OC. The number of ketones is 1. The molecule has 0 aliphatic carbocycles. The van der Waals surface area contributed by atoms with Crippen LogP contribution in [-0.4, -0.2) is 30.6 Å². The Morgan fingerprint density at radius 1 is 1.35 bits per heavy atom. The average molecular weight is 278 g/mol. The zero-order valence-electron chi connectivity index (χ0n) is 11.6. The summed E-state index contributed by atoms with van der Waals surface area (Å²) >= 11 is 0. The lowest BCUT2D eigenvalue weighted by Crippen LogP contribution is -2.08. The fourth-order valence-electron chi connectivity index (χ4n) is 1.56. The predicted molar refractivity (Wildman–Crippen MR) is 75.1 cm³/mol. The fourth-order valence-corrected chi connectivity index (χ4v) is 1.56. The minimum absolute atomic E-state index is 0.484. The molecule has 0 atom stereocenters. The lowest BCUT2D eigenvalue weighted by molar-refractivity contribution is -0.146. The van der Waals surface area contributed by atoms with Gasteiger partial charge in [0.05, 0.1) is 13.7 Å². The Labute approximate surface area is 117 Å². The van der Waals surface area contributed by atoms with Gasteiger partial charge in [-0.1, -0.05) is 25.5 Å². The lowest BCUT2D eigenvalue weighted by Gasteiger charge is -2.12. The van der Waals surface area contributed by atoms with Crippen LogP contribution in [0.2, 0.25) is 0 Å². The molecule has 0 bridgehead atoms. The number of carbonyl (C=O) groups excluding carboxylic acids is 1. The minimum Gasteiger partial charge on any atom is -0.492 e. The van der Waals surface area contributed by atoms with Crippen molar-refractivity contribution in [3.8, 4) is 11.5 Å². The zero-order chi connectivity index (χ0) is 15.0. The number of ether oxygens (including phenoxy) is 2. The van der Waals surface area contributed by atoms with Crippen molar-refractivity contribution in [1.82, 2.24) is 0 Å². The van der Waals surface area contributed by atoms with Crippen LogP contribution in [0.25, 0.3) is 6.08 Å². The molecule has 0 aromatic heterocycles. The molecular weight excluding hydrogens is 260 g/mol. The Morgan fingerprint density at radius 3 is 2.70 bits per heavy atom. The maximum absolute atomic E-state index is 11.1. The van der Waals surface area contributed by atoms with Crippen molar-refractivity contribution in [3.63, 3.8) is 0 Å². The Bertz CT molecular complexity index is 505. The summed E-state index contributed by atoms with van der Waals surface area (Å²) in [6.07, 6.45) is 4.35. The maximum atomic E-state index is 11.1. The highest BCUT2D eigenvalue weighted by Gasteiger charge is 2.10. The molecule has 5 nitrogen and oxygen atoms in total. The second-order valence-electron chi connectivity index (χ2n) is 4.08. The van der Waals surface area contributed by atoms with Gasteiger partial charge in [-0.25, -0.2) is 4.79 Å². The first kappa shape index (κ1) is 15.8. The van der Waals surface area contributed by atoms with E-state index in [0.717, 1.165) is 18.9 Å². The summed E-state index contributed by atoms with van der Waals surface area (Å²) in [5, 5.41) is 8.53. The number of carboxylic acid groups (broad SMARTS) is 1. The highest BCUT2D eigenvalue weighted by Crippen LogP contribution is 2.32. The number of methoxy groups -OCH3 is 1. The number of hydrogen-bond donors (Lipinski definition) is 1. The van der Waals surface area contributed by atoms with Gasteiger partial charge in [0.15, 0.2) is 11.5 Å². The van der Waals surface area contributed by atoms with Crippen molar-refractivity contribution in [3.05, 3.63) is 29.8 Å². The number of benzene rings is 1. The summed E-state index contributed by atoms with van der Waals surface area (Å²) in [5.74, 6) is -1.41. The van der Waals surface area contributed by atoms with Gasteiger partial charge in [0.1, 0.15) is 0 Å². The van der Waals surface area contributed by atoms with Gasteiger partial charge < -0.3 is 14.6 Å². The van der Waals surface area contributed by atoms with Gasteiger partial charge in [-0.05, 0) is 24.6 Å². The van der Waals surface area contributed by atoms with E-state index >= 15 is 0 Å². The van der Waals surface area contributed by atoms with Crippen LogP contribution in [0.5, 0.6) is 11.5 Å². The molecule has 0 heterocycles. The molecule has 0 saturated heterocycles. The molecule has 1 aromatic carbocycles. The van der Waals surface area contributed by atoms with E-state index in [4.69, 9.17) is 14.6 Å². The number of unbranched alkanes of at least 4 members (excludes halogenated alkanes) is 1. The smallest absolute Gasteiger partial charge is 0.376 e. The molecule has 20 heavy (non-hydrogen) atoms. The Kier molecular flexibility index (Phi) is 6.29. The third-order valence-electron chi connectivity index (χ3n) is 2.59. The molecule has 0 amide bonds. The van der Waals surface area contributed by atoms with E-state index < -0.39 is 11.8 Å². The largest absolute Gasteiger partial charge is 0.492 e. The summed E-state index contributed by atoms with van der Waals surface area (Å²) in [7, 11) is 1.50. The number of rotatable bonds is 8. The lowest BCUT2D eigenvalue weighted by atomic mass is 10.1. The summed E-state index contributed by atoms with van der Waals surface area (Å²) in [6.45, 7) is 2.64. The molecule has 108 valence electrons. The van der Waals surface area contributed by atoms with Crippen molar-refractivity contribution in [2.75, 3.05) is 13.7 Å². The molecule has 5 heteroatoms. The molecule has 1 rings (SSSR count). The molecule has 0 spiro atoms. The second-order valence-corrected chi connectivity index (χ2v) is 4.08. The maximum Gasteiger partial charge on any atom is 0.376 e. The molecule has 0 saturated carbocycles. The van der Waals surface area contributed by atoms with Crippen LogP contribution in [0.15, 0.2) is 24.3 Å². The first-order chi connectivity index (χ1) is 9.60. The minimum atomic E-state index is -1.49. The van der Waals surface area contributed by atoms with Crippen molar-refractivity contribution < 1.29 is 24.2 Å². The summed E-state index contributed by atoms with van der Waals surface area (Å²) in [5.41, 5.74) is 0.594. The van der Waals surface area contributed by atoms with Gasteiger partial charge in [-0.3, -0.25) is 4.79 Å². The summed E-state index contributed by atoms with van der Waals surface area (Å²) in [4.78, 5) is 21.5. The molecule has 0 unspecified atom stereocenters. The first-order valence-electron chi connectivity index (χ1n) is 6.35. The fraction of sp³-hybridized carbons (Fsp3) is 0.333. The predicted octanol–water partition coefficient (Wildman–Crippen LogP) is 2.54. The van der Waals surface area contributed by atoms with Crippen LogP contribution in [0.4, 0.5) is 0 Å². The van der Waals surface area contributed by atoms with Crippen molar-refractivity contribution in [2.24, 2.45) is 0 Å². The standard InChI is InChI=1S/C15H18O5/c1-3-4-10-20-13-7-5-6-11(14(13)19-2)8-9-12(16)15(17)18/h5-9H,3-4,10H2,1-2H3,(H,17,18)/b9-8+. The van der Waals surface area contributed by atoms with E-state index in [9.17, 15) is 9.59 Å². The van der Waals surface area contributed by atoms with Crippen LogP contribution in [-0.2, 0) is 9.59 Å². The van der Waals surface area contributed by atoms with Crippen LogP contribution < -0.4 is 9.47 Å². The van der Waals surface area contributed by atoms with E-state index in [1.807, 2.05) is 0 Å². The number of carboxylic acids is 1. The molecule has 1 N–H and O–H groups in total. The highest BCUT2D eigenvalue weighted by molar-refractivity contribution is 6.38. The van der Waals surface area contributed by atoms with E-state index in [1.54, 1.807) is 18.2 Å². The zero-order valence-corrected chi connectivity index (χ0v) is 11.6. The van der Waals surface area contributed by atoms with Gasteiger partial charge >= 0.3 is 5.97 Å². The number of aliphatic carboxylic acids is 1. The van der Waals surface area contributed by atoms with Crippen LogP contribution in [0.1, 0.15) is 25.3 Å². The molecule has 0 fully saturated rings. The third kappa shape index (κ3) is 4.42. The topological polar surface area (TPSA) is 72.8 Å². The Hall–Kier alpha value is -2.30. The quantitative estimate of drug-likeness (QED) is 0.449. The normalized spacial score (nSPS) is 10.5. The van der Waals surface area contributed by atoms with Gasteiger partial charge in [0.2, 0.25) is 0 Å². The van der Waals surface area contributed by atoms with Gasteiger partial charge in [-0.2, -0.15) is 0 Å². The van der Waals surface area contributed by atoms with E-state index in [-0.39, 0.29) is 0 Å². The van der Waals surface area contributed by atoms with Gasteiger partial charge in [-0.15, -0.1) is 0 Å². The number of carbonyl (C=O) groups is 2. The second kappa shape index (κ2) is 7.99. The van der Waals surface area contributed by atoms with Gasteiger partial charge in [0, 0.05) is 5.56 Å². The number of hydrogen-bond acceptors (Lipinski definition) is 4. The monoisotopic (exact) mass is 278 g/mol. The molecule has 0 aliphatic rings. The highest BCUT2D eigenvalue weighted by atomic mass is 16.5. The summed E-state index contributed by atoms with van der Waals surface area (Å²) < 4.78 is 10.9. The van der Waals surface area contributed by atoms with E-state index in [2.05, 4.69) is 6.92 Å². The van der Waals surface area contributed by atoms with E-state index in [1.165, 1.54) is 13.2 Å². The van der Waals surface area contributed by atoms with Gasteiger partial charge in [0.25, 0.3) is 5.78 Å². The summed E-state index contributed by atoms with van der Waals surface area (Å²) in [6, 6.07) is 5.25. The van der Waals surface area contributed by atoms with Crippen LogP contribution >= 0.6 is 0 Å². The third-order valence-corrected chi connectivity index (χ3v) is 2.59.